The molecule has 1 N–H and O–H groups in total. The molecule has 9 heteroatoms. The Kier molecular flexibility index (Phi) is 4.99. The Morgan fingerprint density at radius 1 is 1.15 bits per heavy atom. The van der Waals surface area contributed by atoms with Gasteiger partial charge >= 0.3 is 0 Å². The van der Waals surface area contributed by atoms with Gasteiger partial charge in [0.05, 0.1) is 22.2 Å². The SMILES string of the molecule is CN(C)S(=O)(=O)c1ccc(C(=O)NCc2cn3cc(Cl)ccc3n2)cc1. The second-order valence-electron chi connectivity index (χ2n) is 5.84. The van der Waals surface area contributed by atoms with Gasteiger partial charge in [-0.1, -0.05) is 11.6 Å². The molecule has 0 aliphatic carbocycles. The van der Waals surface area contributed by atoms with Crippen molar-refractivity contribution in [1.82, 2.24) is 19.0 Å². The zero-order valence-electron chi connectivity index (χ0n) is 14.2. The number of pyridine rings is 1. The lowest BCUT2D eigenvalue weighted by Gasteiger charge is -2.11. The van der Waals surface area contributed by atoms with Crippen molar-refractivity contribution in [2.75, 3.05) is 14.1 Å². The van der Waals surface area contributed by atoms with Gasteiger partial charge in [-0.05, 0) is 36.4 Å². The van der Waals surface area contributed by atoms with Crippen molar-refractivity contribution < 1.29 is 13.2 Å². The number of sulfonamides is 1. The van der Waals surface area contributed by atoms with E-state index in [0.717, 1.165) is 9.95 Å². The molecule has 0 spiro atoms. The molecule has 2 aromatic heterocycles. The number of aromatic nitrogens is 2. The molecular weight excluding hydrogens is 376 g/mol. The number of hydrogen-bond donors (Lipinski definition) is 1. The summed E-state index contributed by atoms with van der Waals surface area (Å²) in [5, 5.41) is 3.36. The summed E-state index contributed by atoms with van der Waals surface area (Å²) >= 11 is 5.94. The van der Waals surface area contributed by atoms with Crippen LogP contribution in [0.2, 0.25) is 5.02 Å². The molecule has 2 heterocycles. The van der Waals surface area contributed by atoms with Crippen LogP contribution < -0.4 is 5.32 Å². The number of halogens is 1. The number of hydrogen-bond acceptors (Lipinski definition) is 4. The van der Waals surface area contributed by atoms with E-state index in [9.17, 15) is 13.2 Å². The van der Waals surface area contributed by atoms with Crippen LogP contribution in [0.15, 0.2) is 53.7 Å². The molecule has 0 fully saturated rings. The molecule has 0 aliphatic heterocycles. The maximum Gasteiger partial charge on any atom is 0.251 e. The van der Waals surface area contributed by atoms with Crippen LogP contribution in [0.25, 0.3) is 5.65 Å². The van der Waals surface area contributed by atoms with Crippen LogP contribution in [0, 0.1) is 0 Å². The first-order chi connectivity index (χ1) is 12.3. The number of benzene rings is 1. The molecule has 3 rings (SSSR count). The molecule has 1 aromatic carbocycles. The number of imidazole rings is 1. The third-order valence-corrected chi connectivity index (χ3v) is 5.84. The number of amides is 1. The van der Waals surface area contributed by atoms with Gasteiger partial charge in [0.25, 0.3) is 5.91 Å². The first-order valence-corrected chi connectivity index (χ1v) is 9.53. The van der Waals surface area contributed by atoms with Crippen LogP contribution in [0.1, 0.15) is 16.1 Å². The highest BCUT2D eigenvalue weighted by Gasteiger charge is 2.17. The molecule has 0 unspecified atom stereocenters. The maximum absolute atomic E-state index is 12.3. The summed E-state index contributed by atoms with van der Waals surface area (Å²) < 4.78 is 27.0. The number of nitrogens with one attached hydrogen (secondary N) is 1. The summed E-state index contributed by atoms with van der Waals surface area (Å²) in [5.41, 5.74) is 1.79. The van der Waals surface area contributed by atoms with E-state index in [-0.39, 0.29) is 17.3 Å². The standard InChI is InChI=1S/C17H17ClN4O3S/c1-21(2)26(24,25)15-6-3-12(4-7-15)17(23)19-9-14-11-22-10-13(18)5-8-16(22)20-14/h3-8,10-11H,9H2,1-2H3,(H,19,23). The molecule has 0 bridgehead atoms. The fraction of sp³-hybridized carbons (Fsp3) is 0.176. The van der Waals surface area contributed by atoms with Crippen LogP contribution in [-0.4, -0.2) is 42.1 Å². The highest BCUT2D eigenvalue weighted by atomic mass is 35.5. The molecule has 0 radical (unpaired) electrons. The largest absolute Gasteiger partial charge is 0.346 e. The van der Waals surface area contributed by atoms with Gasteiger partial charge in [-0.3, -0.25) is 4.79 Å². The van der Waals surface area contributed by atoms with Gasteiger partial charge in [-0.2, -0.15) is 0 Å². The number of carbonyl (C=O) groups is 1. The van der Waals surface area contributed by atoms with Crippen molar-refractivity contribution in [1.29, 1.82) is 0 Å². The molecular formula is C17H17ClN4O3S. The van der Waals surface area contributed by atoms with Crippen LogP contribution >= 0.6 is 11.6 Å². The molecule has 1 amide bonds. The van der Waals surface area contributed by atoms with Crippen molar-refractivity contribution in [3.63, 3.8) is 0 Å². The molecule has 0 aliphatic rings. The molecule has 0 saturated heterocycles. The van der Waals surface area contributed by atoms with Gasteiger partial charge in [-0.15, -0.1) is 0 Å². The quantitative estimate of drug-likeness (QED) is 0.721. The molecule has 3 aromatic rings. The van der Waals surface area contributed by atoms with Gasteiger partial charge in [0.2, 0.25) is 10.0 Å². The average molecular weight is 393 g/mol. The predicted molar refractivity (Wildman–Crippen MR) is 98.7 cm³/mol. The lowest BCUT2D eigenvalue weighted by Crippen LogP contribution is -2.24. The number of rotatable bonds is 5. The minimum Gasteiger partial charge on any atom is -0.346 e. The van der Waals surface area contributed by atoms with Crippen LogP contribution in [0.4, 0.5) is 0 Å². The minimum absolute atomic E-state index is 0.135. The van der Waals surface area contributed by atoms with Gasteiger partial charge in [0, 0.05) is 32.1 Å². The van der Waals surface area contributed by atoms with Crippen molar-refractivity contribution >= 4 is 33.2 Å². The zero-order valence-corrected chi connectivity index (χ0v) is 15.8. The number of nitrogens with zero attached hydrogens (tertiary/aromatic N) is 3. The molecule has 136 valence electrons. The van der Waals surface area contributed by atoms with Crippen molar-refractivity contribution in [2.24, 2.45) is 0 Å². The summed E-state index contributed by atoms with van der Waals surface area (Å²) in [5.74, 6) is -0.311. The first kappa shape index (κ1) is 18.4. The Morgan fingerprint density at radius 2 is 1.85 bits per heavy atom. The predicted octanol–water partition coefficient (Wildman–Crippen LogP) is 2.17. The third-order valence-electron chi connectivity index (χ3n) is 3.79. The van der Waals surface area contributed by atoms with Crippen molar-refractivity contribution in [3.8, 4) is 0 Å². The van der Waals surface area contributed by atoms with Gasteiger partial charge in [0.15, 0.2) is 0 Å². The van der Waals surface area contributed by atoms with Gasteiger partial charge < -0.3 is 9.72 Å². The fourth-order valence-corrected chi connectivity index (χ4v) is 3.43. The number of carbonyl (C=O) groups excluding carboxylic acids is 1. The zero-order chi connectivity index (χ0) is 18.9. The second-order valence-corrected chi connectivity index (χ2v) is 8.43. The van der Waals surface area contributed by atoms with E-state index in [1.54, 1.807) is 28.9 Å². The monoisotopic (exact) mass is 392 g/mol. The van der Waals surface area contributed by atoms with Crippen LogP contribution in [0.5, 0.6) is 0 Å². The van der Waals surface area contributed by atoms with Gasteiger partial charge in [-0.25, -0.2) is 17.7 Å². The Balaban J connectivity index is 1.69. The smallest absolute Gasteiger partial charge is 0.251 e. The first-order valence-electron chi connectivity index (χ1n) is 7.71. The Morgan fingerprint density at radius 3 is 2.50 bits per heavy atom. The minimum atomic E-state index is -3.51. The van der Waals surface area contributed by atoms with Crippen LogP contribution in [-0.2, 0) is 16.6 Å². The van der Waals surface area contributed by atoms with Crippen molar-refractivity contribution in [2.45, 2.75) is 11.4 Å². The Labute approximate surface area is 156 Å². The summed E-state index contributed by atoms with van der Waals surface area (Å²) in [6.45, 7) is 0.246. The number of fused-ring (bicyclic) bond motifs is 1. The van der Waals surface area contributed by atoms with E-state index < -0.39 is 10.0 Å². The van der Waals surface area contributed by atoms with E-state index in [1.165, 1.54) is 38.4 Å². The van der Waals surface area contributed by atoms with Crippen molar-refractivity contribution in [3.05, 3.63) is 65.1 Å². The lowest BCUT2D eigenvalue weighted by molar-refractivity contribution is 0.0950. The van der Waals surface area contributed by atoms with Crippen LogP contribution in [0.3, 0.4) is 0 Å². The summed E-state index contributed by atoms with van der Waals surface area (Å²) in [6, 6.07) is 9.33. The van der Waals surface area contributed by atoms with E-state index >= 15 is 0 Å². The normalized spacial score (nSPS) is 11.8. The fourth-order valence-electron chi connectivity index (χ4n) is 2.36. The summed E-state index contributed by atoms with van der Waals surface area (Å²) in [4.78, 5) is 16.8. The molecule has 26 heavy (non-hydrogen) atoms. The second kappa shape index (κ2) is 7.06. The van der Waals surface area contributed by atoms with E-state index in [2.05, 4.69) is 10.3 Å². The van der Waals surface area contributed by atoms with E-state index in [4.69, 9.17) is 11.6 Å². The molecule has 7 nitrogen and oxygen atoms in total. The van der Waals surface area contributed by atoms with E-state index in [1.807, 2.05) is 0 Å². The Bertz CT molecular complexity index is 1060. The highest BCUT2D eigenvalue weighted by molar-refractivity contribution is 7.89. The lowest BCUT2D eigenvalue weighted by atomic mass is 10.2. The Hall–Kier alpha value is -2.42. The highest BCUT2D eigenvalue weighted by Crippen LogP contribution is 2.14. The summed E-state index contributed by atoms with van der Waals surface area (Å²) in [7, 11) is -0.602. The third kappa shape index (κ3) is 3.72. The summed E-state index contributed by atoms with van der Waals surface area (Å²) in [6.07, 6.45) is 3.52. The topological polar surface area (TPSA) is 83.8 Å². The molecule has 0 saturated carbocycles. The van der Waals surface area contributed by atoms with E-state index in [0.29, 0.717) is 16.3 Å². The van der Waals surface area contributed by atoms with Gasteiger partial charge in [0.1, 0.15) is 5.65 Å². The average Bonchev–Trinajstić information content (AvgIpc) is 3.01. The maximum atomic E-state index is 12.3. The molecule has 0 atom stereocenters.